The van der Waals surface area contributed by atoms with E-state index in [1.54, 1.807) is 12.1 Å². The van der Waals surface area contributed by atoms with E-state index >= 15 is 0 Å². The van der Waals surface area contributed by atoms with Crippen molar-refractivity contribution in [3.8, 4) is 11.4 Å². The molecule has 1 unspecified atom stereocenters. The third kappa shape index (κ3) is 4.07. The molecule has 0 aliphatic heterocycles. The number of hydrogen-bond donors (Lipinski definition) is 1. The fourth-order valence-electron chi connectivity index (χ4n) is 2.12. The third-order valence-electron chi connectivity index (χ3n) is 3.94. The summed E-state index contributed by atoms with van der Waals surface area (Å²) in [5.74, 6) is 0.525. The average molecular weight is 330 g/mol. The maximum atomic E-state index is 13.1. The van der Waals surface area contributed by atoms with E-state index in [4.69, 9.17) is 0 Å². The lowest BCUT2D eigenvalue weighted by Crippen LogP contribution is -2.34. The quantitative estimate of drug-likeness (QED) is 0.883. The average Bonchev–Trinajstić information content (AvgIpc) is 2.60. The number of carbonyl (C=O) groups is 1. The van der Waals surface area contributed by atoms with Gasteiger partial charge in [0.25, 0.3) is 5.91 Å². The van der Waals surface area contributed by atoms with Gasteiger partial charge in [-0.2, -0.15) is 0 Å². The molecule has 0 bridgehead atoms. The lowest BCUT2D eigenvalue weighted by molar-refractivity contribution is 0.0939. The zero-order chi connectivity index (χ0) is 17.7. The molecule has 128 valence electrons. The van der Waals surface area contributed by atoms with Gasteiger partial charge < -0.3 is 10.2 Å². The van der Waals surface area contributed by atoms with Crippen molar-refractivity contribution in [1.82, 2.24) is 15.3 Å². The van der Waals surface area contributed by atoms with Crippen LogP contribution in [0.2, 0.25) is 0 Å². The summed E-state index contributed by atoms with van der Waals surface area (Å²) in [6.07, 6.45) is 2.38. The summed E-state index contributed by atoms with van der Waals surface area (Å²) < 4.78 is 13.1. The van der Waals surface area contributed by atoms with Gasteiger partial charge in [-0.25, -0.2) is 14.4 Å². The maximum absolute atomic E-state index is 13.1. The van der Waals surface area contributed by atoms with E-state index in [1.165, 1.54) is 18.3 Å². The fourth-order valence-corrected chi connectivity index (χ4v) is 2.12. The molecule has 1 atom stereocenters. The Balaban J connectivity index is 2.42. The second-order valence-electron chi connectivity index (χ2n) is 5.73. The normalized spacial score (nSPS) is 11.9. The first kappa shape index (κ1) is 17.8. The first-order chi connectivity index (χ1) is 11.5. The standard InChI is InChI=1S/C18H23FN4O/c1-5-12(3)21-18(24)15-11-20-16(22-17(15)23(4)6-2)13-7-9-14(19)10-8-13/h7-12H,5-6H2,1-4H3,(H,21,24). The molecule has 0 spiro atoms. The van der Waals surface area contributed by atoms with Crippen LogP contribution in [0.3, 0.4) is 0 Å². The zero-order valence-electron chi connectivity index (χ0n) is 14.5. The summed E-state index contributed by atoms with van der Waals surface area (Å²) in [6, 6.07) is 6.06. The number of carbonyl (C=O) groups excluding carboxylic acids is 1. The van der Waals surface area contributed by atoms with Gasteiger partial charge >= 0.3 is 0 Å². The zero-order valence-corrected chi connectivity index (χ0v) is 14.5. The molecule has 2 aromatic rings. The number of aromatic nitrogens is 2. The van der Waals surface area contributed by atoms with Gasteiger partial charge in [-0.1, -0.05) is 6.92 Å². The Morgan fingerprint density at radius 1 is 1.29 bits per heavy atom. The van der Waals surface area contributed by atoms with Crippen molar-refractivity contribution in [3.63, 3.8) is 0 Å². The van der Waals surface area contributed by atoms with E-state index in [9.17, 15) is 9.18 Å². The highest BCUT2D eigenvalue weighted by Gasteiger charge is 2.19. The Labute approximate surface area is 141 Å². The summed E-state index contributed by atoms with van der Waals surface area (Å²) in [7, 11) is 1.87. The number of amides is 1. The van der Waals surface area contributed by atoms with Crippen molar-refractivity contribution < 1.29 is 9.18 Å². The minimum Gasteiger partial charge on any atom is -0.359 e. The molecule has 0 saturated heterocycles. The molecule has 0 saturated carbocycles. The van der Waals surface area contributed by atoms with Crippen LogP contribution in [0.25, 0.3) is 11.4 Å². The summed E-state index contributed by atoms with van der Waals surface area (Å²) in [6.45, 7) is 6.65. The van der Waals surface area contributed by atoms with Crippen LogP contribution in [-0.4, -0.2) is 35.5 Å². The molecule has 6 heteroatoms. The molecule has 1 N–H and O–H groups in total. The van der Waals surface area contributed by atoms with Gasteiger partial charge in [0.1, 0.15) is 17.2 Å². The molecule has 1 heterocycles. The highest BCUT2D eigenvalue weighted by Crippen LogP contribution is 2.22. The van der Waals surface area contributed by atoms with Crippen molar-refractivity contribution >= 4 is 11.7 Å². The lowest BCUT2D eigenvalue weighted by atomic mass is 10.2. The summed E-state index contributed by atoms with van der Waals surface area (Å²) >= 11 is 0. The van der Waals surface area contributed by atoms with Crippen molar-refractivity contribution in [2.24, 2.45) is 0 Å². The first-order valence-electron chi connectivity index (χ1n) is 8.11. The van der Waals surface area contributed by atoms with Gasteiger partial charge in [0, 0.05) is 31.4 Å². The summed E-state index contributed by atoms with van der Waals surface area (Å²) in [4.78, 5) is 23.2. The summed E-state index contributed by atoms with van der Waals surface area (Å²) in [5.41, 5.74) is 1.14. The number of nitrogens with one attached hydrogen (secondary N) is 1. The molecule has 2 rings (SSSR count). The first-order valence-corrected chi connectivity index (χ1v) is 8.11. The highest BCUT2D eigenvalue weighted by molar-refractivity contribution is 5.99. The van der Waals surface area contributed by atoms with Gasteiger partial charge in [0.2, 0.25) is 0 Å². The molecule has 0 aliphatic carbocycles. The van der Waals surface area contributed by atoms with E-state index < -0.39 is 0 Å². The maximum Gasteiger partial charge on any atom is 0.256 e. The van der Waals surface area contributed by atoms with Crippen molar-refractivity contribution in [2.75, 3.05) is 18.5 Å². The molecule has 0 aliphatic rings. The number of halogens is 1. The van der Waals surface area contributed by atoms with Gasteiger partial charge in [-0.05, 0) is 44.5 Å². The minimum atomic E-state index is -0.311. The second-order valence-corrected chi connectivity index (χ2v) is 5.73. The van der Waals surface area contributed by atoms with E-state index in [0.717, 1.165) is 6.42 Å². The molecule has 1 aromatic heterocycles. The van der Waals surface area contributed by atoms with E-state index in [-0.39, 0.29) is 17.8 Å². The van der Waals surface area contributed by atoms with Crippen LogP contribution >= 0.6 is 0 Å². The van der Waals surface area contributed by atoms with Gasteiger partial charge in [0.05, 0.1) is 0 Å². The minimum absolute atomic E-state index is 0.0778. The Morgan fingerprint density at radius 2 is 1.96 bits per heavy atom. The van der Waals surface area contributed by atoms with Gasteiger partial charge in [0.15, 0.2) is 5.82 Å². The SMILES string of the molecule is CCC(C)NC(=O)c1cnc(-c2ccc(F)cc2)nc1N(C)CC. The number of benzene rings is 1. The largest absolute Gasteiger partial charge is 0.359 e. The fraction of sp³-hybridized carbons (Fsp3) is 0.389. The highest BCUT2D eigenvalue weighted by atomic mass is 19.1. The molecule has 0 radical (unpaired) electrons. The molecule has 0 fully saturated rings. The lowest BCUT2D eigenvalue weighted by Gasteiger charge is -2.20. The Hall–Kier alpha value is -2.50. The predicted octanol–water partition coefficient (Wildman–Crippen LogP) is 3.27. The Kier molecular flexibility index (Phi) is 5.84. The van der Waals surface area contributed by atoms with E-state index in [1.807, 2.05) is 32.7 Å². The van der Waals surface area contributed by atoms with Crippen molar-refractivity contribution in [2.45, 2.75) is 33.2 Å². The smallest absolute Gasteiger partial charge is 0.256 e. The number of hydrogen-bond acceptors (Lipinski definition) is 4. The summed E-state index contributed by atoms with van der Waals surface area (Å²) in [5, 5.41) is 2.94. The van der Waals surface area contributed by atoms with Crippen LogP contribution < -0.4 is 10.2 Å². The van der Waals surface area contributed by atoms with Crippen LogP contribution in [0.15, 0.2) is 30.5 Å². The Bertz CT molecular complexity index is 703. The van der Waals surface area contributed by atoms with Crippen molar-refractivity contribution in [1.29, 1.82) is 0 Å². The number of anilines is 1. The number of rotatable bonds is 6. The monoisotopic (exact) mass is 330 g/mol. The Morgan fingerprint density at radius 3 is 2.54 bits per heavy atom. The molecule has 1 aromatic carbocycles. The van der Waals surface area contributed by atoms with Crippen molar-refractivity contribution in [3.05, 3.63) is 41.8 Å². The van der Waals surface area contributed by atoms with E-state index in [0.29, 0.717) is 29.3 Å². The topological polar surface area (TPSA) is 58.1 Å². The molecule has 24 heavy (non-hydrogen) atoms. The van der Waals surface area contributed by atoms with Crippen LogP contribution in [0.4, 0.5) is 10.2 Å². The van der Waals surface area contributed by atoms with E-state index in [2.05, 4.69) is 15.3 Å². The predicted molar refractivity (Wildman–Crippen MR) is 93.6 cm³/mol. The number of nitrogens with zero attached hydrogens (tertiary/aromatic N) is 3. The molecular weight excluding hydrogens is 307 g/mol. The molecular formula is C18H23FN4O. The molecule has 5 nitrogen and oxygen atoms in total. The van der Waals surface area contributed by atoms with Crippen LogP contribution in [-0.2, 0) is 0 Å². The van der Waals surface area contributed by atoms with Crippen LogP contribution in [0, 0.1) is 5.82 Å². The van der Waals surface area contributed by atoms with Crippen LogP contribution in [0.1, 0.15) is 37.6 Å². The van der Waals surface area contributed by atoms with Crippen LogP contribution in [0.5, 0.6) is 0 Å². The third-order valence-corrected chi connectivity index (χ3v) is 3.94. The molecule has 1 amide bonds. The second kappa shape index (κ2) is 7.86. The van der Waals surface area contributed by atoms with Gasteiger partial charge in [-0.15, -0.1) is 0 Å². The van der Waals surface area contributed by atoms with Gasteiger partial charge in [-0.3, -0.25) is 4.79 Å².